The molecule has 0 spiro atoms. The van der Waals surface area contributed by atoms with Gasteiger partial charge in [-0.25, -0.2) is 9.78 Å². The van der Waals surface area contributed by atoms with Crippen LogP contribution in [0.3, 0.4) is 0 Å². The van der Waals surface area contributed by atoms with Crippen molar-refractivity contribution in [3.05, 3.63) is 11.6 Å². The van der Waals surface area contributed by atoms with Crippen LogP contribution in [0.25, 0.3) is 0 Å². The van der Waals surface area contributed by atoms with Gasteiger partial charge in [-0.05, 0) is 12.8 Å². The number of carboxylic acids is 1. The van der Waals surface area contributed by atoms with Gasteiger partial charge < -0.3 is 10.4 Å². The zero-order valence-corrected chi connectivity index (χ0v) is 9.92. The molecule has 2 rings (SSSR count). The molecular weight excluding hydrogens is 242 g/mol. The Balaban J connectivity index is 1.82. The number of nitrogens with one attached hydrogen (secondary N) is 2. The van der Waals surface area contributed by atoms with Gasteiger partial charge in [-0.3, -0.25) is 10.1 Å². The van der Waals surface area contributed by atoms with Gasteiger partial charge in [-0.1, -0.05) is 6.42 Å². The van der Waals surface area contributed by atoms with Crippen molar-refractivity contribution in [3.8, 4) is 0 Å². The smallest absolute Gasteiger partial charge is 0.321 e. The fourth-order valence-corrected chi connectivity index (χ4v) is 2.27. The van der Waals surface area contributed by atoms with E-state index in [1.807, 2.05) is 0 Å². The molecule has 3 N–H and O–H groups in total. The van der Waals surface area contributed by atoms with Gasteiger partial charge in [0.15, 0.2) is 5.13 Å². The molecule has 1 aliphatic rings. The molecule has 1 heterocycles. The summed E-state index contributed by atoms with van der Waals surface area (Å²) in [5.41, 5.74) is -0.764. The third-order valence-electron chi connectivity index (χ3n) is 3.00. The van der Waals surface area contributed by atoms with E-state index < -0.39 is 17.4 Å². The normalized spacial score (nSPS) is 16.9. The van der Waals surface area contributed by atoms with Gasteiger partial charge in [0.25, 0.3) is 0 Å². The zero-order valence-electron chi connectivity index (χ0n) is 9.10. The van der Waals surface area contributed by atoms with Gasteiger partial charge in [-0.15, -0.1) is 11.3 Å². The summed E-state index contributed by atoms with van der Waals surface area (Å²) in [5.74, 6) is -0.835. The Morgan fingerprint density at radius 3 is 2.76 bits per heavy atom. The number of aliphatic carboxylic acids is 1. The highest BCUT2D eigenvalue weighted by Gasteiger charge is 2.44. The third kappa shape index (κ3) is 2.55. The number of carbonyl (C=O) groups is 2. The minimum Gasteiger partial charge on any atom is -0.481 e. The number of thiazole rings is 1. The molecule has 1 aliphatic carbocycles. The third-order valence-corrected chi connectivity index (χ3v) is 3.69. The maximum Gasteiger partial charge on any atom is 0.321 e. The summed E-state index contributed by atoms with van der Waals surface area (Å²) < 4.78 is 0. The molecule has 1 aromatic heterocycles. The van der Waals surface area contributed by atoms with E-state index in [1.54, 1.807) is 11.6 Å². The minimum atomic E-state index is -0.835. The number of hydrogen-bond acceptors (Lipinski definition) is 4. The highest BCUT2D eigenvalue weighted by Crippen LogP contribution is 2.40. The van der Waals surface area contributed by atoms with E-state index in [0.29, 0.717) is 18.0 Å². The van der Waals surface area contributed by atoms with Crippen molar-refractivity contribution in [2.75, 3.05) is 11.9 Å². The molecule has 6 nitrogen and oxygen atoms in total. The van der Waals surface area contributed by atoms with E-state index in [0.717, 1.165) is 6.42 Å². The lowest BCUT2D eigenvalue weighted by atomic mass is 9.69. The first-order valence-electron chi connectivity index (χ1n) is 5.30. The molecule has 17 heavy (non-hydrogen) atoms. The summed E-state index contributed by atoms with van der Waals surface area (Å²) in [5, 5.41) is 16.4. The number of hydrogen-bond donors (Lipinski definition) is 3. The summed E-state index contributed by atoms with van der Waals surface area (Å²) in [6, 6.07) is -0.410. The summed E-state index contributed by atoms with van der Waals surface area (Å²) in [7, 11) is 0. The number of carboxylic acid groups (broad SMARTS) is 1. The molecule has 0 radical (unpaired) electrons. The monoisotopic (exact) mass is 255 g/mol. The average Bonchev–Trinajstić information content (AvgIpc) is 2.68. The lowest BCUT2D eigenvalue weighted by Crippen LogP contribution is -2.48. The topological polar surface area (TPSA) is 91.3 Å². The van der Waals surface area contributed by atoms with E-state index in [4.69, 9.17) is 5.11 Å². The lowest BCUT2D eigenvalue weighted by Gasteiger charge is -2.37. The maximum atomic E-state index is 11.5. The van der Waals surface area contributed by atoms with E-state index in [9.17, 15) is 9.59 Å². The van der Waals surface area contributed by atoms with Crippen LogP contribution < -0.4 is 10.6 Å². The second-order valence-corrected chi connectivity index (χ2v) is 4.98. The molecule has 2 amide bonds. The molecule has 0 aliphatic heterocycles. The number of nitrogens with zero attached hydrogens (tertiary/aromatic N) is 1. The molecule has 1 fully saturated rings. The highest BCUT2D eigenvalue weighted by molar-refractivity contribution is 7.13. The Hall–Kier alpha value is -1.63. The zero-order chi connectivity index (χ0) is 12.3. The first-order chi connectivity index (χ1) is 8.12. The Kier molecular flexibility index (Phi) is 3.28. The Morgan fingerprint density at radius 2 is 2.29 bits per heavy atom. The van der Waals surface area contributed by atoms with E-state index >= 15 is 0 Å². The number of aromatic nitrogens is 1. The van der Waals surface area contributed by atoms with E-state index in [1.165, 1.54) is 11.3 Å². The number of anilines is 1. The summed E-state index contributed by atoms with van der Waals surface area (Å²) >= 11 is 1.31. The molecule has 0 bridgehead atoms. The largest absolute Gasteiger partial charge is 0.481 e. The standard InChI is InChI=1S/C10H13N3O3S/c14-7(15)10(2-1-3-10)6-12-8(16)13-9-11-4-5-17-9/h4-5H,1-3,6H2,(H,14,15)(H2,11,12,13,16). The van der Waals surface area contributed by atoms with Crippen molar-refractivity contribution in [2.24, 2.45) is 5.41 Å². The number of amides is 2. The van der Waals surface area contributed by atoms with Crippen molar-refractivity contribution < 1.29 is 14.7 Å². The van der Waals surface area contributed by atoms with E-state index in [-0.39, 0.29) is 6.54 Å². The first kappa shape index (κ1) is 11.8. The second kappa shape index (κ2) is 4.70. The van der Waals surface area contributed by atoms with Gasteiger partial charge >= 0.3 is 12.0 Å². The quantitative estimate of drug-likeness (QED) is 0.760. The van der Waals surface area contributed by atoms with Crippen molar-refractivity contribution in [1.29, 1.82) is 0 Å². The minimum absolute atomic E-state index is 0.166. The number of urea groups is 1. The molecule has 0 aromatic carbocycles. The highest BCUT2D eigenvalue weighted by atomic mass is 32.1. The van der Waals surface area contributed by atoms with Crippen molar-refractivity contribution in [1.82, 2.24) is 10.3 Å². The van der Waals surface area contributed by atoms with Crippen LogP contribution in [0.2, 0.25) is 0 Å². The van der Waals surface area contributed by atoms with Gasteiger partial charge in [-0.2, -0.15) is 0 Å². The summed E-state index contributed by atoms with van der Waals surface area (Å²) in [6.07, 6.45) is 3.74. The fourth-order valence-electron chi connectivity index (χ4n) is 1.75. The molecule has 92 valence electrons. The number of carbonyl (C=O) groups excluding carboxylic acids is 1. The van der Waals surface area contributed by atoms with Crippen LogP contribution in [0.15, 0.2) is 11.6 Å². The molecule has 0 unspecified atom stereocenters. The predicted molar refractivity (Wildman–Crippen MR) is 63.1 cm³/mol. The summed E-state index contributed by atoms with van der Waals surface area (Å²) in [6.45, 7) is 0.166. The molecule has 0 atom stereocenters. The van der Waals surface area contributed by atoms with Crippen molar-refractivity contribution >= 4 is 28.5 Å². The maximum absolute atomic E-state index is 11.5. The van der Waals surface area contributed by atoms with Gasteiger partial charge in [0.1, 0.15) is 0 Å². The SMILES string of the molecule is O=C(NCC1(C(=O)O)CCC1)Nc1nccs1. The van der Waals surface area contributed by atoms with Gasteiger partial charge in [0.2, 0.25) is 0 Å². The average molecular weight is 255 g/mol. The van der Waals surface area contributed by atoms with Crippen LogP contribution >= 0.6 is 11.3 Å². The molecule has 7 heteroatoms. The second-order valence-electron chi connectivity index (χ2n) is 4.08. The van der Waals surface area contributed by atoms with Crippen LogP contribution in [0, 0.1) is 5.41 Å². The van der Waals surface area contributed by atoms with Crippen LogP contribution in [0.1, 0.15) is 19.3 Å². The van der Waals surface area contributed by atoms with Crippen LogP contribution in [0.5, 0.6) is 0 Å². The Morgan fingerprint density at radius 1 is 1.53 bits per heavy atom. The van der Waals surface area contributed by atoms with Crippen molar-refractivity contribution in [3.63, 3.8) is 0 Å². The fraction of sp³-hybridized carbons (Fsp3) is 0.500. The predicted octanol–water partition coefficient (Wildman–Crippen LogP) is 1.52. The molecule has 1 saturated carbocycles. The van der Waals surface area contributed by atoms with Crippen molar-refractivity contribution in [2.45, 2.75) is 19.3 Å². The first-order valence-corrected chi connectivity index (χ1v) is 6.18. The lowest BCUT2D eigenvalue weighted by molar-refractivity contribution is -0.153. The van der Waals surface area contributed by atoms with Crippen LogP contribution in [-0.2, 0) is 4.79 Å². The Bertz CT molecular complexity index is 414. The van der Waals surface area contributed by atoms with Crippen LogP contribution in [0.4, 0.5) is 9.93 Å². The summed E-state index contributed by atoms with van der Waals surface area (Å²) in [4.78, 5) is 26.4. The van der Waals surface area contributed by atoms with Gasteiger partial charge in [0.05, 0.1) is 5.41 Å². The number of rotatable bonds is 4. The molecule has 1 aromatic rings. The Labute approximate surface area is 102 Å². The van der Waals surface area contributed by atoms with E-state index in [2.05, 4.69) is 15.6 Å². The van der Waals surface area contributed by atoms with Gasteiger partial charge in [0, 0.05) is 18.1 Å². The molecule has 0 saturated heterocycles. The van der Waals surface area contributed by atoms with Crippen LogP contribution in [-0.4, -0.2) is 28.6 Å². The molecular formula is C10H13N3O3S.